The maximum atomic E-state index is 13.0. The van der Waals surface area contributed by atoms with Crippen LogP contribution in [0.25, 0.3) is 0 Å². The van der Waals surface area contributed by atoms with Crippen molar-refractivity contribution in [1.29, 1.82) is 0 Å². The van der Waals surface area contributed by atoms with Gasteiger partial charge in [-0.05, 0) is 36.1 Å². The van der Waals surface area contributed by atoms with Gasteiger partial charge in [-0.15, -0.1) is 0 Å². The second-order valence-electron chi connectivity index (χ2n) is 4.17. The molecule has 0 heterocycles. The fourth-order valence-corrected chi connectivity index (χ4v) is 2.58. The first-order valence-electron chi connectivity index (χ1n) is 5.48. The Balaban J connectivity index is 1.98. The zero-order valence-electron chi connectivity index (χ0n) is 9.33. The number of hydrogen-bond acceptors (Lipinski definition) is 2. The molecule has 0 amide bonds. The van der Waals surface area contributed by atoms with E-state index in [1.165, 1.54) is 11.6 Å². The lowest BCUT2D eigenvalue weighted by atomic mass is 10.1. The quantitative estimate of drug-likeness (QED) is 0.870. The molecule has 1 aromatic rings. The number of fused-ring (bicyclic) bond motifs is 1. The average Bonchev–Trinajstić information content (AvgIpc) is 2.60. The van der Waals surface area contributed by atoms with E-state index in [4.69, 9.17) is 0 Å². The average molecular weight is 241 g/mol. The minimum Gasteiger partial charge on any atom is -0.309 e. The molecule has 0 spiro atoms. The molecule has 16 heavy (non-hydrogen) atoms. The Kier molecular flexibility index (Phi) is 3.71. The lowest BCUT2D eigenvalue weighted by molar-refractivity contribution is 0.549. The standard InChI is InChI=1S/C12H16FNOS/c1-16(15)7-6-14-12-5-2-9-8-10(13)3-4-11(9)12/h3-4,8,12,14H,2,5-7H2,1H3. The van der Waals surface area contributed by atoms with E-state index >= 15 is 0 Å². The van der Waals surface area contributed by atoms with Crippen LogP contribution >= 0.6 is 0 Å². The van der Waals surface area contributed by atoms with Crippen molar-refractivity contribution in [1.82, 2.24) is 5.32 Å². The van der Waals surface area contributed by atoms with Crippen LogP contribution in [0.1, 0.15) is 23.6 Å². The molecule has 1 aliphatic carbocycles. The predicted molar refractivity (Wildman–Crippen MR) is 64.4 cm³/mol. The van der Waals surface area contributed by atoms with Gasteiger partial charge in [0.25, 0.3) is 0 Å². The second kappa shape index (κ2) is 5.06. The third kappa shape index (κ3) is 2.68. The highest BCUT2D eigenvalue weighted by Crippen LogP contribution is 2.31. The third-order valence-electron chi connectivity index (χ3n) is 2.96. The van der Waals surface area contributed by atoms with Gasteiger partial charge in [-0.2, -0.15) is 0 Å². The molecular weight excluding hydrogens is 225 g/mol. The number of aryl methyl sites for hydroxylation is 1. The van der Waals surface area contributed by atoms with Crippen molar-refractivity contribution in [3.63, 3.8) is 0 Å². The van der Waals surface area contributed by atoms with E-state index in [-0.39, 0.29) is 5.82 Å². The van der Waals surface area contributed by atoms with Crippen LogP contribution in [-0.2, 0) is 17.2 Å². The van der Waals surface area contributed by atoms with Crippen molar-refractivity contribution in [2.45, 2.75) is 18.9 Å². The first-order valence-corrected chi connectivity index (χ1v) is 7.21. The summed E-state index contributed by atoms with van der Waals surface area (Å²) in [5.41, 5.74) is 2.30. The Morgan fingerprint density at radius 2 is 2.38 bits per heavy atom. The molecule has 4 heteroatoms. The SMILES string of the molecule is CS(=O)CCNC1CCc2cc(F)ccc21. The smallest absolute Gasteiger partial charge is 0.123 e. The zero-order chi connectivity index (χ0) is 11.5. The van der Waals surface area contributed by atoms with Gasteiger partial charge in [0.05, 0.1) is 0 Å². The summed E-state index contributed by atoms with van der Waals surface area (Å²) in [7, 11) is -0.750. The number of rotatable bonds is 4. The summed E-state index contributed by atoms with van der Waals surface area (Å²) < 4.78 is 23.9. The van der Waals surface area contributed by atoms with Crippen LogP contribution in [0.4, 0.5) is 4.39 Å². The third-order valence-corrected chi connectivity index (χ3v) is 3.74. The summed E-state index contributed by atoms with van der Waals surface area (Å²) in [6.45, 7) is 0.755. The predicted octanol–water partition coefficient (Wildman–Crippen LogP) is 1.78. The second-order valence-corrected chi connectivity index (χ2v) is 5.72. The Hall–Kier alpha value is -0.740. The Morgan fingerprint density at radius 1 is 1.56 bits per heavy atom. The van der Waals surface area contributed by atoms with E-state index in [1.807, 2.05) is 6.07 Å². The van der Waals surface area contributed by atoms with Gasteiger partial charge in [0, 0.05) is 35.4 Å². The maximum absolute atomic E-state index is 13.0. The highest BCUT2D eigenvalue weighted by Gasteiger charge is 2.21. The molecule has 2 atom stereocenters. The molecule has 0 fully saturated rings. The van der Waals surface area contributed by atoms with Gasteiger partial charge in [-0.25, -0.2) is 4.39 Å². The monoisotopic (exact) mass is 241 g/mol. The van der Waals surface area contributed by atoms with E-state index in [0.717, 1.165) is 24.9 Å². The lowest BCUT2D eigenvalue weighted by Gasteiger charge is -2.13. The topological polar surface area (TPSA) is 29.1 Å². The number of nitrogens with one attached hydrogen (secondary N) is 1. The Labute approximate surface area is 97.7 Å². The number of halogens is 1. The van der Waals surface area contributed by atoms with E-state index in [1.54, 1.807) is 12.3 Å². The molecule has 1 aliphatic rings. The van der Waals surface area contributed by atoms with Crippen LogP contribution in [0.5, 0.6) is 0 Å². The number of hydrogen-bond donors (Lipinski definition) is 1. The van der Waals surface area contributed by atoms with Gasteiger partial charge in [-0.1, -0.05) is 6.07 Å². The van der Waals surface area contributed by atoms with Gasteiger partial charge < -0.3 is 5.32 Å². The highest BCUT2D eigenvalue weighted by molar-refractivity contribution is 7.84. The molecular formula is C12H16FNOS. The van der Waals surface area contributed by atoms with Crippen LogP contribution in [0, 0.1) is 5.82 Å². The summed E-state index contributed by atoms with van der Waals surface area (Å²) >= 11 is 0. The van der Waals surface area contributed by atoms with Crippen molar-refractivity contribution in [3.05, 3.63) is 35.1 Å². The summed E-state index contributed by atoms with van der Waals surface area (Å²) in [6, 6.07) is 5.29. The van der Waals surface area contributed by atoms with Crippen LogP contribution in [0.15, 0.2) is 18.2 Å². The fourth-order valence-electron chi connectivity index (χ4n) is 2.18. The normalized spacial score (nSPS) is 20.8. The molecule has 0 saturated heterocycles. The molecule has 0 bridgehead atoms. The van der Waals surface area contributed by atoms with Crippen molar-refractivity contribution >= 4 is 10.8 Å². The van der Waals surface area contributed by atoms with Gasteiger partial charge in [0.15, 0.2) is 0 Å². The van der Waals surface area contributed by atoms with Crippen LogP contribution in [0.3, 0.4) is 0 Å². The molecule has 1 N–H and O–H groups in total. The minimum absolute atomic E-state index is 0.158. The molecule has 0 aliphatic heterocycles. The van der Waals surface area contributed by atoms with Crippen LogP contribution in [0.2, 0.25) is 0 Å². The van der Waals surface area contributed by atoms with Gasteiger partial charge in [-0.3, -0.25) is 4.21 Å². The lowest BCUT2D eigenvalue weighted by Crippen LogP contribution is -2.24. The van der Waals surface area contributed by atoms with Crippen molar-refractivity contribution in [2.24, 2.45) is 0 Å². The fraction of sp³-hybridized carbons (Fsp3) is 0.500. The molecule has 0 aromatic heterocycles. The minimum atomic E-state index is -0.750. The van der Waals surface area contributed by atoms with Gasteiger partial charge in [0.2, 0.25) is 0 Å². The van der Waals surface area contributed by atoms with E-state index < -0.39 is 10.8 Å². The molecule has 0 radical (unpaired) electrons. The van der Waals surface area contributed by atoms with Crippen molar-refractivity contribution in [2.75, 3.05) is 18.6 Å². The molecule has 2 nitrogen and oxygen atoms in total. The summed E-state index contributed by atoms with van der Waals surface area (Å²) in [5, 5.41) is 3.37. The zero-order valence-corrected chi connectivity index (χ0v) is 10.1. The van der Waals surface area contributed by atoms with Gasteiger partial charge >= 0.3 is 0 Å². The molecule has 2 unspecified atom stereocenters. The first-order chi connectivity index (χ1) is 7.66. The molecule has 88 valence electrons. The number of benzene rings is 1. The summed E-state index contributed by atoms with van der Waals surface area (Å²) in [5.74, 6) is 0.515. The van der Waals surface area contributed by atoms with Crippen molar-refractivity contribution in [3.8, 4) is 0 Å². The Bertz CT molecular complexity index is 408. The first kappa shape index (κ1) is 11.7. The van der Waals surface area contributed by atoms with E-state index in [0.29, 0.717) is 11.8 Å². The van der Waals surface area contributed by atoms with Crippen molar-refractivity contribution < 1.29 is 8.60 Å². The molecule has 2 rings (SSSR count). The van der Waals surface area contributed by atoms with Gasteiger partial charge in [0.1, 0.15) is 5.82 Å². The van der Waals surface area contributed by atoms with Crippen LogP contribution in [-0.4, -0.2) is 22.8 Å². The summed E-state index contributed by atoms with van der Waals surface area (Å²) in [4.78, 5) is 0. The maximum Gasteiger partial charge on any atom is 0.123 e. The molecule has 0 saturated carbocycles. The van der Waals surface area contributed by atoms with E-state index in [2.05, 4.69) is 5.32 Å². The summed E-state index contributed by atoms with van der Waals surface area (Å²) in [6.07, 6.45) is 3.65. The largest absolute Gasteiger partial charge is 0.309 e. The molecule has 1 aromatic carbocycles. The van der Waals surface area contributed by atoms with E-state index in [9.17, 15) is 8.60 Å². The Morgan fingerprint density at radius 3 is 3.12 bits per heavy atom. The van der Waals surface area contributed by atoms with Crippen LogP contribution < -0.4 is 5.32 Å². The highest BCUT2D eigenvalue weighted by atomic mass is 32.2.